The zero-order valence-corrected chi connectivity index (χ0v) is 18.6. The molecule has 0 heterocycles. The van der Waals surface area contributed by atoms with Gasteiger partial charge in [-0.2, -0.15) is 0 Å². The lowest BCUT2D eigenvalue weighted by molar-refractivity contribution is -0.125. The van der Waals surface area contributed by atoms with E-state index in [0.29, 0.717) is 6.54 Å². The van der Waals surface area contributed by atoms with Gasteiger partial charge in [0, 0.05) is 19.0 Å². The van der Waals surface area contributed by atoms with Crippen LogP contribution in [0.15, 0.2) is 4.99 Å². The van der Waals surface area contributed by atoms with Gasteiger partial charge < -0.3 is 22.5 Å². The Morgan fingerprint density at radius 2 is 1.96 bits per heavy atom. The van der Waals surface area contributed by atoms with E-state index in [0.717, 1.165) is 12.8 Å². The molecule has 0 rings (SSSR count). The standard InChI is InChI=1S/C11H28N5O2P5/c1-6(3-2-4-15-11(13)14)16-10(18)8(22-19)5-7(17)9(12)23(20)21/h6,8-9,22H,2-5,12,19-21H2,1H3,(H,16,18)(H4,13,14,15). The fraction of sp³-hybridized carbons (Fsp3) is 0.727. The third-order valence-electron chi connectivity index (χ3n) is 3.05. The summed E-state index contributed by atoms with van der Waals surface area (Å²) in [4.78, 5) is 28.2. The molecule has 0 saturated heterocycles. The van der Waals surface area contributed by atoms with Crippen LogP contribution in [0.1, 0.15) is 26.2 Å². The number of ketones is 1. The fourth-order valence-electron chi connectivity index (χ4n) is 1.74. The Kier molecular flexibility index (Phi) is 13.1. The number of carbonyl (C=O) groups is 2. The van der Waals surface area contributed by atoms with E-state index in [9.17, 15) is 9.59 Å². The largest absolute Gasteiger partial charge is 0.370 e. The average molecular weight is 417 g/mol. The van der Waals surface area contributed by atoms with Gasteiger partial charge >= 0.3 is 0 Å². The number of nitrogens with zero attached hydrogens (tertiary/aromatic N) is 1. The van der Waals surface area contributed by atoms with Crippen molar-refractivity contribution >= 4 is 60.0 Å². The molecule has 134 valence electrons. The summed E-state index contributed by atoms with van der Waals surface area (Å²) in [5.41, 5.74) is 16.0. The van der Waals surface area contributed by atoms with Gasteiger partial charge in [0.25, 0.3) is 0 Å². The summed E-state index contributed by atoms with van der Waals surface area (Å²) < 4.78 is 0. The van der Waals surface area contributed by atoms with Crippen LogP contribution in [0.3, 0.4) is 0 Å². The summed E-state index contributed by atoms with van der Waals surface area (Å²) in [6.07, 6.45) is 1.73. The fourth-order valence-corrected chi connectivity index (χ4v) is 4.53. The summed E-state index contributed by atoms with van der Waals surface area (Å²) in [6, 6.07) is 0.00455. The Morgan fingerprint density at radius 1 is 1.35 bits per heavy atom. The maximum atomic E-state index is 12.3. The van der Waals surface area contributed by atoms with Gasteiger partial charge in [-0.3, -0.25) is 14.6 Å². The molecule has 0 radical (unpaired) electrons. The Labute approximate surface area is 147 Å². The van der Waals surface area contributed by atoms with Crippen molar-refractivity contribution < 1.29 is 9.59 Å². The molecule has 0 aromatic heterocycles. The van der Waals surface area contributed by atoms with E-state index in [2.05, 4.69) is 37.1 Å². The molecule has 0 aliphatic rings. The van der Waals surface area contributed by atoms with E-state index in [-0.39, 0.29) is 44.0 Å². The predicted molar refractivity (Wildman–Crippen MR) is 113 cm³/mol. The number of nitrogens with one attached hydrogen (secondary N) is 1. The molecule has 1 amide bonds. The van der Waals surface area contributed by atoms with Crippen molar-refractivity contribution in [1.82, 2.24) is 5.32 Å². The molecule has 0 saturated carbocycles. The highest BCUT2D eigenvalue weighted by molar-refractivity contribution is 8.43. The Hall–Kier alpha value is 0.520. The molecular weight excluding hydrogens is 389 g/mol. The van der Waals surface area contributed by atoms with Crippen molar-refractivity contribution in [1.29, 1.82) is 0 Å². The van der Waals surface area contributed by atoms with Crippen LogP contribution >= 0.6 is 42.4 Å². The number of rotatable bonds is 11. The van der Waals surface area contributed by atoms with Crippen molar-refractivity contribution in [3.8, 4) is 0 Å². The second kappa shape index (κ2) is 12.8. The van der Waals surface area contributed by atoms with Crippen LogP contribution in [0, 0.1) is 0 Å². The van der Waals surface area contributed by atoms with Crippen LogP contribution in [0.25, 0.3) is 0 Å². The van der Waals surface area contributed by atoms with Crippen LogP contribution < -0.4 is 22.5 Å². The zero-order valence-electron chi connectivity index (χ0n) is 13.2. The molecule has 0 fully saturated rings. The summed E-state index contributed by atoms with van der Waals surface area (Å²) in [6.45, 7) is 2.46. The Balaban J connectivity index is 4.33. The molecule has 12 heteroatoms. The molecule has 7 unspecified atom stereocenters. The number of Topliss-reactive ketones (excluding diaryl/α,β-unsaturated/α-hetero) is 1. The highest BCUT2D eigenvalue weighted by atomic mass is 32.4. The molecule has 0 aromatic carbocycles. The summed E-state index contributed by atoms with van der Waals surface area (Å²) in [5, 5.41) is 2.94. The van der Waals surface area contributed by atoms with Gasteiger partial charge in [-0.1, -0.05) is 8.27 Å². The van der Waals surface area contributed by atoms with Gasteiger partial charge in [-0.05, 0) is 27.1 Å². The first-order chi connectivity index (χ1) is 10.7. The predicted octanol–water partition coefficient (Wildman–Crippen LogP) is 0.688. The van der Waals surface area contributed by atoms with Crippen molar-refractivity contribution in [2.45, 2.75) is 43.7 Å². The lowest BCUT2D eigenvalue weighted by atomic mass is 10.1. The second-order valence-corrected chi connectivity index (χ2v) is 14.0. The average Bonchev–Trinajstić information content (AvgIpc) is 2.47. The van der Waals surface area contributed by atoms with E-state index in [1.54, 1.807) is 0 Å². The second-order valence-electron chi connectivity index (χ2n) is 5.14. The van der Waals surface area contributed by atoms with E-state index in [4.69, 9.17) is 17.2 Å². The first kappa shape index (κ1) is 23.5. The Bertz CT molecular complexity index is 420. The molecule has 7 nitrogen and oxygen atoms in total. The van der Waals surface area contributed by atoms with Gasteiger partial charge in [-0.25, -0.2) is 0 Å². The Morgan fingerprint density at radius 3 is 2.43 bits per heavy atom. The van der Waals surface area contributed by atoms with E-state index >= 15 is 0 Å². The van der Waals surface area contributed by atoms with Crippen LogP contribution in [0.4, 0.5) is 0 Å². The quantitative estimate of drug-likeness (QED) is 0.170. The summed E-state index contributed by atoms with van der Waals surface area (Å²) >= 11 is 0. The first-order valence-corrected chi connectivity index (χ1v) is 14.6. The smallest absolute Gasteiger partial charge is 0.228 e. The molecule has 7 atom stereocenters. The zero-order chi connectivity index (χ0) is 18.0. The number of hydrogen-bond donors (Lipinski definition) is 4. The molecule has 0 aliphatic carbocycles. The monoisotopic (exact) mass is 417 g/mol. The highest BCUT2D eigenvalue weighted by Crippen LogP contribution is 2.55. The number of hydrogen-bond acceptors (Lipinski definition) is 4. The minimum atomic E-state index is -0.695. The SMILES string of the molecule is CC(CCCN=C(N)N)NC(=O)C(CC(=O)C(N)P(P)P)PP. The minimum absolute atomic E-state index is 0.00455. The van der Waals surface area contributed by atoms with Crippen molar-refractivity contribution in [2.75, 3.05) is 6.54 Å². The molecular formula is C11H28N5O2P5. The molecule has 0 bridgehead atoms. The maximum absolute atomic E-state index is 12.3. The number of guanidine groups is 1. The van der Waals surface area contributed by atoms with Gasteiger partial charge in [0.1, 0.15) is 0 Å². The third kappa shape index (κ3) is 10.9. The summed E-state index contributed by atoms with van der Waals surface area (Å²) in [7, 11) is 7.23. The van der Waals surface area contributed by atoms with Crippen molar-refractivity contribution in [3.05, 3.63) is 0 Å². The number of nitrogens with two attached hydrogens (primary N) is 3. The van der Waals surface area contributed by atoms with Crippen molar-refractivity contribution in [3.63, 3.8) is 0 Å². The van der Waals surface area contributed by atoms with E-state index in [1.165, 1.54) is 0 Å². The molecule has 0 aliphatic heterocycles. The van der Waals surface area contributed by atoms with Gasteiger partial charge in [0.05, 0.1) is 11.4 Å². The lowest BCUT2D eigenvalue weighted by Crippen LogP contribution is -2.40. The molecule has 0 spiro atoms. The number of aliphatic imine (C=N–C) groups is 1. The van der Waals surface area contributed by atoms with Gasteiger partial charge in [0.2, 0.25) is 5.91 Å². The van der Waals surface area contributed by atoms with Gasteiger partial charge in [-0.15, -0.1) is 26.8 Å². The normalized spacial score (nSPS) is 15.4. The van der Waals surface area contributed by atoms with Crippen LogP contribution in [-0.2, 0) is 9.59 Å². The van der Waals surface area contributed by atoms with Crippen LogP contribution in [0.2, 0.25) is 0 Å². The highest BCUT2D eigenvalue weighted by Gasteiger charge is 2.25. The van der Waals surface area contributed by atoms with Gasteiger partial charge in [0.15, 0.2) is 11.7 Å². The number of amides is 1. The van der Waals surface area contributed by atoms with Crippen LogP contribution in [0.5, 0.6) is 0 Å². The number of carbonyl (C=O) groups excluding carboxylic acids is 2. The van der Waals surface area contributed by atoms with E-state index < -0.39 is 13.1 Å². The molecule has 23 heavy (non-hydrogen) atoms. The van der Waals surface area contributed by atoms with Crippen LogP contribution in [-0.4, -0.2) is 41.7 Å². The topological polar surface area (TPSA) is 137 Å². The third-order valence-corrected chi connectivity index (χ3v) is 7.99. The molecule has 7 N–H and O–H groups in total. The lowest BCUT2D eigenvalue weighted by Gasteiger charge is -2.21. The van der Waals surface area contributed by atoms with E-state index in [1.807, 2.05) is 6.92 Å². The maximum Gasteiger partial charge on any atom is 0.228 e. The summed E-state index contributed by atoms with van der Waals surface area (Å²) in [5.74, 6) is -0.626. The first-order valence-electron chi connectivity index (χ1n) is 7.07. The molecule has 0 aromatic rings. The minimum Gasteiger partial charge on any atom is -0.370 e. The van der Waals surface area contributed by atoms with Crippen molar-refractivity contribution in [2.24, 2.45) is 22.2 Å².